The van der Waals surface area contributed by atoms with E-state index in [1.165, 1.54) is 0 Å². The van der Waals surface area contributed by atoms with Crippen molar-refractivity contribution in [2.24, 2.45) is 0 Å². The van der Waals surface area contributed by atoms with Gasteiger partial charge in [0.25, 0.3) is 0 Å². The van der Waals surface area contributed by atoms with Crippen LogP contribution >= 0.6 is 0 Å². The molecular formula is C22H27N5O3S. The molecule has 0 saturated heterocycles. The molecule has 2 atom stereocenters. The molecule has 1 aliphatic rings. The molecular weight excluding hydrogens is 414 g/mol. The Morgan fingerprint density at radius 1 is 1.19 bits per heavy atom. The van der Waals surface area contributed by atoms with Gasteiger partial charge in [0, 0.05) is 23.8 Å². The van der Waals surface area contributed by atoms with Gasteiger partial charge in [-0.3, -0.25) is 0 Å². The van der Waals surface area contributed by atoms with Crippen LogP contribution in [0.5, 0.6) is 5.88 Å². The van der Waals surface area contributed by atoms with Crippen LogP contribution in [-0.4, -0.2) is 41.3 Å². The van der Waals surface area contributed by atoms with Gasteiger partial charge in [-0.15, -0.1) is 10.2 Å². The zero-order chi connectivity index (χ0) is 21.8. The fourth-order valence-electron chi connectivity index (χ4n) is 4.28. The number of pyridine rings is 1. The molecule has 8 nitrogen and oxygen atoms in total. The zero-order valence-electron chi connectivity index (χ0n) is 17.7. The molecule has 9 heteroatoms. The summed E-state index contributed by atoms with van der Waals surface area (Å²) in [5.41, 5.74) is 2.48. The van der Waals surface area contributed by atoms with Crippen molar-refractivity contribution in [3.8, 4) is 17.0 Å². The number of hydrogen-bond acceptors (Lipinski definition) is 6. The molecule has 2 heterocycles. The van der Waals surface area contributed by atoms with Gasteiger partial charge in [-0.1, -0.05) is 13.0 Å². The van der Waals surface area contributed by atoms with Crippen LogP contribution in [0.2, 0.25) is 0 Å². The Balaban J connectivity index is 1.58. The van der Waals surface area contributed by atoms with Crippen molar-refractivity contribution in [2.75, 3.05) is 7.11 Å². The summed E-state index contributed by atoms with van der Waals surface area (Å²) in [6.45, 7) is 1.96. The summed E-state index contributed by atoms with van der Waals surface area (Å²) in [5.74, 6) is 0.514. The lowest BCUT2D eigenvalue weighted by molar-refractivity contribution is 0.305. The molecule has 1 N–H and O–H groups in total. The van der Waals surface area contributed by atoms with Gasteiger partial charge in [-0.25, -0.2) is 18.1 Å². The Morgan fingerprint density at radius 3 is 2.74 bits per heavy atom. The van der Waals surface area contributed by atoms with Crippen LogP contribution in [0.3, 0.4) is 0 Å². The lowest BCUT2D eigenvalue weighted by atomic mass is 9.91. The number of ether oxygens (including phenoxy) is 1. The van der Waals surface area contributed by atoms with Crippen molar-refractivity contribution in [3.63, 3.8) is 0 Å². The molecule has 0 aliphatic heterocycles. The second-order valence-corrected chi connectivity index (χ2v) is 9.47. The molecule has 0 unspecified atom stereocenters. The quantitative estimate of drug-likeness (QED) is 0.604. The molecule has 0 bridgehead atoms. The van der Waals surface area contributed by atoms with E-state index in [4.69, 9.17) is 4.74 Å². The van der Waals surface area contributed by atoms with E-state index in [1.807, 2.05) is 35.8 Å². The molecule has 1 saturated carbocycles. The highest BCUT2D eigenvalue weighted by molar-refractivity contribution is 7.89. The van der Waals surface area contributed by atoms with Crippen molar-refractivity contribution in [2.45, 2.75) is 56.0 Å². The molecule has 0 amide bonds. The Bertz CT molecular complexity index is 1130. The van der Waals surface area contributed by atoms with E-state index in [0.29, 0.717) is 17.2 Å². The number of methoxy groups -OCH3 is 1. The Kier molecular flexibility index (Phi) is 6.33. The second-order valence-electron chi connectivity index (χ2n) is 7.78. The molecule has 4 rings (SSSR count). The Hall–Kier alpha value is -2.78. The summed E-state index contributed by atoms with van der Waals surface area (Å²) < 4.78 is 36.8. The highest BCUT2D eigenvalue weighted by atomic mass is 32.2. The van der Waals surface area contributed by atoms with Crippen LogP contribution in [0.1, 0.15) is 44.2 Å². The fourth-order valence-corrected chi connectivity index (χ4v) is 5.86. The van der Waals surface area contributed by atoms with Gasteiger partial charge in [0.15, 0.2) is 0 Å². The van der Waals surface area contributed by atoms with Gasteiger partial charge in [-0.2, -0.15) is 0 Å². The van der Waals surface area contributed by atoms with E-state index < -0.39 is 10.0 Å². The monoisotopic (exact) mass is 441 g/mol. The first-order valence-electron chi connectivity index (χ1n) is 10.5. The van der Waals surface area contributed by atoms with Gasteiger partial charge in [0.2, 0.25) is 15.9 Å². The van der Waals surface area contributed by atoms with E-state index in [2.05, 4.69) is 19.9 Å². The predicted molar refractivity (Wildman–Crippen MR) is 117 cm³/mol. The molecule has 31 heavy (non-hydrogen) atoms. The van der Waals surface area contributed by atoms with E-state index in [-0.39, 0.29) is 12.1 Å². The topological polar surface area (TPSA) is 99.0 Å². The average molecular weight is 442 g/mol. The summed E-state index contributed by atoms with van der Waals surface area (Å²) in [4.78, 5) is 4.57. The van der Waals surface area contributed by atoms with Crippen LogP contribution in [0.4, 0.5) is 0 Å². The molecule has 0 radical (unpaired) electrons. The molecule has 164 valence electrons. The third-order valence-corrected chi connectivity index (χ3v) is 7.45. The normalized spacial score (nSPS) is 19.3. The minimum absolute atomic E-state index is 0.117. The van der Waals surface area contributed by atoms with Crippen LogP contribution < -0.4 is 9.46 Å². The minimum Gasteiger partial charge on any atom is -0.481 e. The molecule has 2 aromatic heterocycles. The van der Waals surface area contributed by atoms with Gasteiger partial charge < -0.3 is 9.30 Å². The molecule has 1 fully saturated rings. The zero-order valence-corrected chi connectivity index (χ0v) is 18.5. The maximum atomic E-state index is 13.3. The third-order valence-electron chi connectivity index (χ3n) is 5.83. The highest BCUT2D eigenvalue weighted by Crippen LogP contribution is 2.32. The van der Waals surface area contributed by atoms with Gasteiger partial charge >= 0.3 is 0 Å². The van der Waals surface area contributed by atoms with E-state index in [1.54, 1.807) is 32.0 Å². The molecule has 1 aliphatic carbocycles. The number of aryl methyl sites for hydroxylation is 1. The summed E-state index contributed by atoms with van der Waals surface area (Å²) in [5, 5.41) is 7.75. The molecule has 3 aromatic rings. The van der Waals surface area contributed by atoms with Crippen LogP contribution in [0.25, 0.3) is 11.1 Å². The van der Waals surface area contributed by atoms with Gasteiger partial charge in [0.1, 0.15) is 12.7 Å². The van der Waals surface area contributed by atoms with Crippen LogP contribution in [0.15, 0.2) is 54.1 Å². The van der Waals surface area contributed by atoms with Crippen molar-refractivity contribution in [3.05, 3.63) is 54.7 Å². The number of aromatic nitrogens is 4. The van der Waals surface area contributed by atoms with Crippen molar-refractivity contribution >= 4 is 10.0 Å². The standard InChI is InChI=1S/C22H27N5O3S/c1-3-16-12-17(20-8-5-11-23-22(20)30-2)9-10-21(16)31(28,29)26-18-6-4-7-19(13-18)27-14-24-25-15-27/h5,8-12,14-15,18-19,26H,3-4,6-7,13H2,1-2H3/t18-,19+/m0/s1. The number of nitrogens with one attached hydrogen (secondary N) is 1. The molecule has 0 spiro atoms. The van der Waals surface area contributed by atoms with Gasteiger partial charge in [-0.05, 0) is 67.5 Å². The van der Waals surface area contributed by atoms with Gasteiger partial charge in [0.05, 0.1) is 12.0 Å². The SMILES string of the molecule is CCc1cc(-c2cccnc2OC)ccc1S(=O)(=O)N[C@H]1CCC[C@@H](n2cnnc2)C1. The van der Waals surface area contributed by atoms with E-state index >= 15 is 0 Å². The van der Waals surface area contributed by atoms with Crippen molar-refractivity contribution in [1.82, 2.24) is 24.5 Å². The number of rotatable bonds is 7. The first-order chi connectivity index (χ1) is 15.0. The Labute approximate surface area is 182 Å². The summed E-state index contributed by atoms with van der Waals surface area (Å²) >= 11 is 0. The number of benzene rings is 1. The number of nitrogens with zero attached hydrogens (tertiary/aromatic N) is 4. The smallest absolute Gasteiger partial charge is 0.241 e. The lowest BCUT2D eigenvalue weighted by Gasteiger charge is -2.30. The van der Waals surface area contributed by atoms with Crippen LogP contribution in [-0.2, 0) is 16.4 Å². The number of sulfonamides is 1. The predicted octanol–water partition coefficient (Wildman–Crippen LogP) is 3.37. The van der Waals surface area contributed by atoms with Crippen molar-refractivity contribution in [1.29, 1.82) is 0 Å². The third kappa shape index (κ3) is 4.62. The number of hydrogen-bond donors (Lipinski definition) is 1. The minimum atomic E-state index is -3.65. The van der Waals surface area contributed by atoms with E-state index in [0.717, 1.165) is 42.4 Å². The summed E-state index contributed by atoms with van der Waals surface area (Å²) in [7, 11) is -2.07. The maximum absolute atomic E-state index is 13.3. The highest BCUT2D eigenvalue weighted by Gasteiger charge is 2.28. The summed E-state index contributed by atoms with van der Waals surface area (Å²) in [6, 6.07) is 9.26. The first-order valence-corrected chi connectivity index (χ1v) is 12.0. The van der Waals surface area contributed by atoms with E-state index in [9.17, 15) is 8.42 Å². The summed E-state index contributed by atoms with van der Waals surface area (Å²) in [6.07, 6.45) is 9.16. The fraction of sp³-hybridized carbons (Fsp3) is 0.409. The average Bonchev–Trinajstić information content (AvgIpc) is 3.33. The first kappa shape index (κ1) is 21.5. The Morgan fingerprint density at radius 2 is 2.00 bits per heavy atom. The second kappa shape index (κ2) is 9.15. The largest absolute Gasteiger partial charge is 0.481 e. The maximum Gasteiger partial charge on any atom is 0.241 e. The molecule has 1 aromatic carbocycles. The van der Waals surface area contributed by atoms with Crippen LogP contribution in [0, 0.1) is 0 Å². The lowest BCUT2D eigenvalue weighted by Crippen LogP contribution is -2.39. The van der Waals surface area contributed by atoms with Crippen molar-refractivity contribution < 1.29 is 13.2 Å².